The van der Waals surface area contributed by atoms with Gasteiger partial charge in [0.25, 0.3) is 0 Å². The molecular weight excluding hydrogens is 354 g/mol. The molecule has 0 heterocycles. The van der Waals surface area contributed by atoms with Crippen molar-refractivity contribution in [3.05, 3.63) is 65.5 Å². The highest BCUT2D eigenvalue weighted by atomic mass is 31.2. The number of hydrogen-bond acceptors (Lipinski definition) is 4. The van der Waals surface area contributed by atoms with Crippen molar-refractivity contribution < 1.29 is 22.7 Å². The van der Waals surface area contributed by atoms with Gasteiger partial charge in [-0.3, -0.25) is 4.57 Å². The van der Waals surface area contributed by atoms with E-state index in [9.17, 15) is 8.96 Å². The molecule has 2 aromatic carbocycles. The fourth-order valence-electron chi connectivity index (χ4n) is 2.72. The van der Waals surface area contributed by atoms with Gasteiger partial charge in [0, 0.05) is 0 Å². The maximum absolute atomic E-state index is 13.8. The fourth-order valence-corrected chi connectivity index (χ4v) is 5.27. The molecule has 2 rings (SSSR count). The number of halogens is 1. The summed E-state index contributed by atoms with van der Waals surface area (Å²) < 4.78 is 44.1. The largest absolute Gasteiger partial charge is 0.497 e. The first-order chi connectivity index (χ1) is 12.2. The van der Waals surface area contributed by atoms with Crippen molar-refractivity contribution in [2.75, 3.05) is 7.11 Å². The topological polar surface area (TPSA) is 44.8 Å². The van der Waals surface area contributed by atoms with E-state index in [4.69, 9.17) is 13.8 Å². The van der Waals surface area contributed by atoms with Crippen molar-refractivity contribution in [1.82, 2.24) is 0 Å². The molecule has 0 saturated carbocycles. The molecule has 0 N–H and O–H groups in total. The molecule has 1 atom stereocenters. The molecule has 0 bridgehead atoms. The monoisotopic (exact) mass is 380 g/mol. The summed E-state index contributed by atoms with van der Waals surface area (Å²) in [7, 11) is -2.00. The third-order valence-electron chi connectivity index (χ3n) is 3.65. The van der Waals surface area contributed by atoms with E-state index < -0.39 is 13.3 Å². The molecule has 142 valence electrons. The van der Waals surface area contributed by atoms with Crippen molar-refractivity contribution in [1.29, 1.82) is 0 Å². The molecule has 2 aromatic rings. The van der Waals surface area contributed by atoms with E-state index in [0.717, 1.165) is 5.56 Å². The minimum Gasteiger partial charge on any atom is -0.497 e. The van der Waals surface area contributed by atoms with Gasteiger partial charge in [0.15, 0.2) is 0 Å². The molecule has 0 aliphatic rings. The SMILES string of the molecule is COc1ccc(C(c2ccc(F)cc2)P(=O)(OC(C)C)OC(C)C)cc1. The lowest BCUT2D eigenvalue weighted by Crippen LogP contribution is -2.14. The zero-order chi connectivity index (χ0) is 19.3. The van der Waals surface area contributed by atoms with Crippen LogP contribution in [-0.2, 0) is 13.6 Å². The van der Waals surface area contributed by atoms with Gasteiger partial charge >= 0.3 is 7.60 Å². The maximum Gasteiger partial charge on any atom is 0.342 e. The van der Waals surface area contributed by atoms with E-state index >= 15 is 0 Å². The Bertz CT molecular complexity index is 727. The first-order valence-corrected chi connectivity index (χ1v) is 10.2. The standard InChI is InChI=1S/C20H26FO4P/c1-14(2)24-26(22,25-15(3)4)20(16-6-10-18(21)11-7-16)17-8-12-19(23-5)13-9-17/h6-15,20H,1-5H3. The highest BCUT2D eigenvalue weighted by Gasteiger charge is 2.40. The van der Waals surface area contributed by atoms with Crippen LogP contribution in [0.5, 0.6) is 5.75 Å². The van der Waals surface area contributed by atoms with E-state index in [1.807, 2.05) is 39.8 Å². The Morgan fingerprint density at radius 2 is 1.23 bits per heavy atom. The predicted molar refractivity (Wildman–Crippen MR) is 101 cm³/mol. The molecule has 0 aromatic heterocycles. The first-order valence-electron chi connectivity index (χ1n) is 8.61. The Kier molecular flexibility index (Phi) is 6.99. The highest BCUT2D eigenvalue weighted by Crippen LogP contribution is 2.65. The Morgan fingerprint density at radius 1 is 0.808 bits per heavy atom. The van der Waals surface area contributed by atoms with Gasteiger partial charge in [-0.1, -0.05) is 24.3 Å². The van der Waals surface area contributed by atoms with E-state index in [-0.39, 0.29) is 18.0 Å². The Balaban J connectivity index is 2.59. The van der Waals surface area contributed by atoms with Crippen molar-refractivity contribution in [3.63, 3.8) is 0 Å². The van der Waals surface area contributed by atoms with E-state index in [1.165, 1.54) is 12.1 Å². The molecule has 0 aliphatic heterocycles. The normalized spacial score (nSPS) is 13.2. The summed E-state index contributed by atoms with van der Waals surface area (Å²) in [4.78, 5) is 0. The summed E-state index contributed by atoms with van der Waals surface area (Å²) in [5.74, 6) is 0.336. The van der Waals surface area contributed by atoms with Crippen LogP contribution in [-0.4, -0.2) is 19.3 Å². The van der Waals surface area contributed by atoms with E-state index in [2.05, 4.69) is 0 Å². The Morgan fingerprint density at radius 3 is 1.62 bits per heavy atom. The zero-order valence-electron chi connectivity index (χ0n) is 15.8. The van der Waals surface area contributed by atoms with Gasteiger partial charge in [0.2, 0.25) is 0 Å². The molecule has 0 amide bonds. The van der Waals surface area contributed by atoms with Crippen molar-refractivity contribution in [2.24, 2.45) is 0 Å². The van der Waals surface area contributed by atoms with Crippen LogP contribution in [0.1, 0.15) is 44.5 Å². The van der Waals surface area contributed by atoms with Gasteiger partial charge in [-0.2, -0.15) is 0 Å². The molecule has 0 aliphatic carbocycles. The minimum atomic E-state index is -3.59. The van der Waals surface area contributed by atoms with E-state index in [0.29, 0.717) is 11.3 Å². The second-order valence-electron chi connectivity index (χ2n) is 6.58. The van der Waals surface area contributed by atoms with Crippen LogP contribution < -0.4 is 4.74 Å². The molecule has 0 radical (unpaired) electrons. The van der Waals surface area contributed by atoms with Gasteiger partial charge in [-0.15, -0.1) is 0 Å². The molecule has 0 spiro atoms. The van der Waals surface area contributed by atoms with Gasteiger partial charge < -0.3 is 13.8 Å². The summed E-state index contributed by atoms with van der Waals surface area (Å²) in [6.45, 7) is 7.25. The lowest BCUT2D eigenvalue weighted by Gasteiger charge is -2.30. The van der Waals surface area contributed by atoms with Gasteiger partial charge in [-0.05, 0) is 63.1 Å². The number of hydrogen-bond donors (Lipinski definition) is 0. The number of benzene rings is 2. The predicted octanol–water partition coefficient (Wildman–Crippen LogP) is 5.97. The average molecular weight is 380 g/mol. The molecule has 0 saturated heterocycles. The van der Waals surface area contributed by atoms with Crippen LogP contribution in [0, 0.1) is 5.82 Å². The summed E-state index contributed by atoms with van der Waals surface area (Å²) in [6, 6.07) is 13.2. The number of methoxy groups -OCH3 is 1. The number of rotatable bonds is 8. The third-order valence-corrected chi connectivity index (χ3v) is 6.31. The van der Waals surface area contributed by atoms with Crippen molar-refractivity contribution in [3.8, 4) is 5.75 Å². The molecule has 0 fully saturated rings. The van der Waals surface area contributed by atoms with Crippen molar-refractivity contribution >= 4 is 7.60 Å². The molecule has 4 nitrogen and oxygen atoms in total. The molecule has 1 unspecified atom stereocenters. The van der Waals surface area contributed by atoms with Gasteiger partial charge in [0.1, 0.15) is 17.2 Å². The van der Waals surface area contributed by atoms with Crippen LogP contribution in [0.15, 0.2) is 48.5 Å². The lowest BCUT2D eigenvalue weighted by atomic mass is 10.0. The lowest BCUT2D eigenvalue weighted by molar-refractivity contribution is 0.138. The zero-order valence-corrected chi connectivity index (χ0v) is 16.7. The Hall–Kier alpha value is -1.68. The van der Waals surface area contributed by atoms with Crippen LogP contribution in [0.4, 0.5) is 4.39 Å². The average Bonchev–Trinajstić information content (AvgIpc) is 2.56. The quantitative estimate of drug-likeness (QED) is 0.530. The smallest absolute Gasteiger partial charge is 0.342 e. The summed E-state index contributed by atoms with van der Waals surface area (Å²) in [5.41, 5.74) is 0.752. The van der Waals surface area contributed by atoms with Crippen LogP contribution in [0.2, 0.25) is 0 Å². The Labute approximate surface area is 154 Å². The fraction of sp³-hybridized carbons (Fsp3) is 0.400. The third kappa shape index (κ3) is 5.16. The molecule has 26 heavy (non-hydrogen) atoms. The molecular formula is C20H26FO4P. The van der Waals surface area contributed by atoms with Gasteiger partial charge in [-0.25, -0.2) is 4.39 Å². The number of ether oxygens (including phenoxy) is 1. The summed E-state index contributed by atoms with van der Waals surface area (Å²) in [6.07, 6.45) is -0.582. The molecule has 6 heteroatoms. The van der Waals surface area contributed by atoms with Crippen LogP contribution in [0.3, 0.4) is 0 Å². The summed E-state index contributed by atoms with van der Waals surface area (Å²) in [5, 5.41) is 0. The van der Waals surface area contributed by atoms with Crippen LogP contribution in [0.25, 0.3) is 0 Å². The van der Waals surface area contributed by atoms with Crippen molar-refractivity contribution in [2.45, 2.75) is 45.6 Å². The van der Waals surface area contributed by atoms with Crippen LogP contribution >= 0.6 is 7.60 Å². The minimum absolute atomic E-state index is 0.291. The van der Waals surface area contributed by atoms with Gasteiger partial charge in [0.05, 0.1) is 19.3 Å². The second-order valence-corrected chi connectivity index (χ2v) is 8.59. The maximum atomic E-state index is 13.8. The highest BCUT2D eigenvalue weighted by molar-refractivity contribution is 7.54. The summed E-state index contributed by atoms with van der Waals surface area (Å²) >= 11 is 0. The van der Waals surface area contributed by atoms with E-state index in [1.54, 1.807) is 31.4 Å². The second kappa shape index (κ2) is 8.81. The first kappa shape index (κ1) is 20.6.